The van der Waals surface area contributed by atoms with Gasteiger partial charge in [-0.25, -0.2) is 0 Å². The number of hydrogen-bond acceptors (Lipinski definition) is 12. The zero-order chi connectivity index (χ0) is 46.5. The number of rotatable bonds is 26. The number of carbonyl (C=O) groups is 9. The van der Waals surface area contributed by atoms with E-state index in [1.165, 1.54) is 12.3 Å². The lowest BCUT2D eigenvalue weighted by Gasteiger charge is -2.39. The van der Waals surface area contributed by atoms with E-state index in [-0.39, 0.29) is 31.5 Å². The summed E-state index contributed by atoms with van der Waals surface area (Å²) in [4.78, 5) is 120. The number of carbonyl (C=O) groups excluding carboxylic acids is 6. The van der Waals surface area contributed by atoms with E-state index in [0.717, 1.165) is 6.42 Å². The molecule has 21 heteroatoms. The van der Waals surface area contributed by atoms with Gasteiger partial charge in [-0.3, -0.25) is 48.1 Å². The van der Waals surface area contributed by atoms with E-state index in [1.807, 2.05) is 0 Å². The van der Waals surface area contributed by atoms with Crippen molar-refractivity contribution in [2.75, 3.05) is 0 Å². The second kappa shape index (κ2) is 26.6. The molecule has 1 saturated carbocycles. The minimum atomic E-state index is -1.69. The maximum Gasteiger partial charge on any atom is 0.451 e. The molecule has 1 aliphatic rings. The normalized spacial score (nSPS) is 15.3. The fraction of sp³-hybridized carbons (Fsp3) is 0.585. The van der Waals surface area contributed by atoms with Crippen LogP contribution < -0.4 is 27.0 Å². The van der Waals surface area contributed by atoms with Gasteiger partial charge in [0, 0.05) is 19.3 Å². The molecular formula is C41H61BN6O14. The minimum Gasteiger partial charge on any atom is -0.481 e. The van der Waals surface area contributed by atoms with Crippen LogP contribution in [0.4, 0.5) is 0 Å². The number of imide groups is 1. The highest BCUT2D eigenvalue weighted by Gasteiger charge is 2.44. The molecule has 0 unspecified atom stereocenters. The first-order chi connectivity index (χ1) is 29.2. The van der Waals surface area contributed by atoms with Gasteiger partial charge in [0.2, 0.25) is 29.5 Å². The zero-order valence-corrected chi connectivity index (χ0v) is 35.4. The first-order valence-electron chi connectivity index (χ1n) is 20.8. The average Bonchev–Trinajstić information content (AvgIpc) is 3.19. The molecule has 5 atom stereocenters. The van der Waals surface area contributed by atoms with Gasteiger partial charge in [0.1, 0.15) is 24.2 Å². The Kier molecular flexibility index (Phi) is 22.5. The van der Waals surface area contributed by atoms with Gasteiger partial charge in [-0.2, -0.15) is 0 Å². The molecule has 342 valence electrons. The van der Waals surface area contributed by atoms with Crippen LogP contribution in [0.15, 0.2) is 36.5 Å². The third kappa shape index (κ3) is 18.5. The molecule has 1 fully saturated rings. The smallest absolute Gasteiger partial charge is 0.451 e. The predicted octanol–water partition coefficient (Wildman–Crippen LogP) is 0.367. The molecule has 1 aromatic carbocycles. The summed E-state index contributed by atoms with van der Waals surface area (Å²) in [6.07, 6.45) is 2.10. The summed E-state index contributed by atoms with van der Waals surface area (Å²) in [6, 6.07) is -1.04. The summed E-state index contributed by atoms with van der Waals surface area (Å²) in [7, 11) is -1.55. The molecule has 11 N–H and O–H groups in total. The molecule has 6 amide bonds. The van der Waals surface area contributed by atoms with Crippen LogP contribution in [0.1, 0.15) is 102 Å². The number of carboxylic acid groups (broad SMARTS) is 3. The monoisotopic (exact) mass is 872 g/mol. The van der Waals surface area contributed by atoms with Gasteiger partial charge in [0.05, 0.1) is 18.9 Å². The van der Waals surface area contributed by atoms with Crippen LogP contribution >= 0.6 is 0 Å². The van der Waals surface area contributed by atoms with E-state index in [1.54, 1.807) is 45.0 Å². The van der Waals surface area contributed by atoms with Crippen LogP contribution in [0.3, 0.4) is 0 Å². The molecule has 0 spiro atoms. The molecule has 1 aliphatic carbocycles. The molecule has 0 aliphatic heterocycles. The number of aliphatic carboxylic acids is 3. The van der Waals surface area contributed by atoms with Crippen molar-refractivity contribution >= 4 is 60.5 Å². The highest BCUT2D eigenvalue weighted by atomic mass is 16.4. The van der Waals surface area contributed by atoms with Crippen LogP contribution in [-0.2, 0) is 49.6 Å². The number of allylic oxidation sites excluding steroid dienone is 1. The van der Waals surface area contributed by atoms with Gasteiger partial charge < -0.3 is 52.4 Å². The maximum absolute atomic E-state index is 15.1. The summed E-state index contributed by atoms with van der Waals surface area (Å²) in [5, 5.41) is 56.4. The van der Waals surface area contributed by atoms with Crippen LogP contribution in [0.5, 0.6) is 0 Å². The van der Waals surface area contributed by atoms with Crippen LogP contribution in [0.2, 0.25) is 6.32 Å². The van der Waals surface area contributed by atoms with Gasteiger partial charge in [-0.1, -0.05) is 63.5 Å². The van der Waals surface area contributed by atoms with E-state index in [0.29, 0.717) is 41.7 Å². The third-order valence-electron chi connectivity index (χ3n) is 10.3. The van der Waals surface area contributed by atoms with Crippen molar-refractivity contribution in [1.29, 1.82) is 0 Å². The second-order valence-corrected chi connectivity index (χ2v) is 15.9. The predicted molar refractivity (Wildman–Crippen MR) is 223 cm³/mol. The zero-order valence-electron chi connectivity index (χ0n) is 35.4. The molecule has 0 aromatic heterocycles. The van der Waals surface area contributed by atoms with E-state index in [4.69, 9.17) is 20.9 Å². The Labute approximate surface area is 360 Å². The van der Waals surface area contributed by atoms with Gasteiger partial charge in [0.25, 0.3) is 5.91 Å². The molecule has 0 heterocycles. The van der Waals surface area contributed by atoms with Gasteiger partial charge in [-0.15, -0.1) is 0 Å². The molecule has 20 nitrogen and oxygen atoms in total. The van der Waals surface area contributed by atoms with Gasteiger partial charge in [-0.05, 0) is 74.5 Å². The summed E-state index contributed by atoms with van der Waals surface area (Å²) in [6.45, 7) is 5.33. The summed E-state index contributed by atoms with van der Waals surface area (Å²) >= 11 is 0. The van der Waals surface area contributed by atoms with Crippen LogP contribution in [0, 0.1) is 18.8 Å². The Balaban J connectivity index is 2.74. The lowest BCUT2D eigenvalue weighted by atomic mass is 9.82. The molecule has 2 rings (SSSR count). The first kappa shape index (κ1) is 52.5. The Morgan fingerprint density at radius 3 is 1.98 bits per heavy atom. The lowest BCUT2D eigenvalue weighted by Crippen LogP contribution is -2.63. The van der Waals surface area contributed by atoms with Crippen molar-refractivity contribution in [3.8, 4) is 0 Å². The number of nitrogens with two attached hydrogens (primary N) is 1. The fourth-order valence-corrected chi connectivity index (χ4v) is 7.07. The van der Waals surface area contributed by atoms with Crippen LogP contribution in [-0.4, -0.2) is 121 Å². The van der Waals surface area contributed by atoms with Crippen molar-refractivity contribution in [3.05, 3.63) is 47.7 Å². The molecule has 0 radical (unpaired) electrons. The van der Waals surface area contributed by atoms with Gasteiger partial charge >= 0.3 is 25.0 Å². The van der Waals surface area contributed by atoms with E-state index >= 15 is 4.79 Å². The van der Waals surface area contributed by atoms with Crippen molar-refractivity contribution in [2.24, 2.45) is 17.6 Å². The molecule has 0 saturated heterocycles. The van der Waals surface area contributed by atoms with Crippen molar-refractivity contribution < 1.29 is 68.5 Å². The Hall–Kier alpha value is -5.67. The van der Waals surface area contributed by atoms with E-state index in [2.05, 4.69) is 21.3 Å². The average molecular weight is 873 g/mol. The SMILES string of the molecule is Cc1ccccc1C[C@H](NC(=O)[C@H](CCC(=O)O)NC(=O)[C@@H](N)CC(=O)O)C(=O)N(C(=O)CCC(=O)O)[C@H](C(=O)N[C@@H](CC(C)C)C(=O)NC=CCCB(O)O)C1CCCCC1. The number of nitrogens with one attached hydrogen (secondary N) is 4. The highest BCUT2D eigenvalue weighted by Crippen LogP contribution is 2.31. The highest BCUT2D eigenvalue weighted by molar-refractivity contribution is 6.40. The van der Waals surface area contributed by atoms with Crippen molar-refractivity contribution in [3.63, 3.8) is 0 Å². The first-order valence-corrected chi connectivity index (χ1v) is 20.8. The van der Waals surface area contributed by atoms with Crippen molar-refractivity contribution in [1.82, 2.24) is 26.2 Å². The standard InChI is InChI=1S/C41H61BN6O14/c1-24(2)21-30(38(57)44-20-10-9-19-42(61)62)46-40(59)36(26-12-5-4-6-13-26)48(32(49)16-18-34(52)53)41(60)31(22-27-14-8-7-11-25(27)3)47-39(58)29(15-17-33(50)51)45-37(56)28(43)23-35(54)55/h7-8,10-11,14,20,24,26,28-31,36,61-62H,4-6,9,12-13,15-19,21-23,43H2,1-3H3,(H,44,57)(H,45,56)(H,46,59)(H,47,58)(H,50,51)(H,52,53)(H,54,55)/t28-,29-,30-,31-,36-/m0/s1. The molecular weight excluding hydrogens is 811 g/mol. The van der Waals surface area contributed by atoms with E-state index < -0.39 is 129 Å². The summed E-state index contributed by atoms with van der Waals surface area (Å²) < 4.78 is 0. The lowest BCUT2D eigenvalue weighted by molar-refractivity contribution is -0.157. The number of aryl methyl sites for hydroxylation is 1. The quantitative estimate of drug-likeness (QED) is 0.0562. The maximum atomic E-state index is 15.1. The molecule has 1 aromatic rings. The van der Waals surface area contributed by atoms with E-state index in [9.17, 15) is 48.6 Å². The van der Waals surface area contributed by atoms with Crippen molar-refractivity contribution in [2.45, 2.75) is 141 Å². The Morgan fingerprint density at radius 2 is 1.40 bits per heavy atom. The molecule has 0 bridgehead atoms. The number of hydrogen-bond donors (Lipinski definition) is 10. The number of benzene rings is 1. The minimum absolute atomic E-state index is 0.00520. The number of carboxylic acids is 3. The fourth-order valence-electron chi connectivity index (χ4n) is 7.07. The second-order valence-electron chi connectivity index (χ2n) is 15.9. The summed E-state index contributed by atoms with van der Waals surface area (Å²) in [5.74, 6) is -10.9. The molecule has 62 heavy (non-hydrogen) atoms. The number of nitrogens with zero attached hydrogens (tertiary/aromatic N) is 1. The number of amides is 6. The van der Waals surface area contributed by atoms with Gasteiger partial charge in [0.15, 0.2) is 0 Å². The Bertz CT molecular complexity index is 1770. The van der Waals surface area contributed by atoms with Crippen LogP contribution in [0.25, 0.3) is 0 Å². The topological polar surface area (TPSA) is 332 Å². The summed E-state index contributed by atoms with van der Waals surface area (Å²) in [5.41, 5.74) is 6.87. The third-order valence-corrected chi connectivity index (χ3v) is 10.3. The largest absolute Gasteiger partial charge is 0.481 e. The Morgan fingerprint density at radius 1 is 0.790 bits per heavy atom.